The average Bonchev–Trinajstić information content (AvgIpc) is 3.02. The van der Waals surface area contributed by atoms with Gasteiger partial charge >= 0.3 is 0 Å². The number of ether oxygens (including phenoxy) is 1. The molecule has 0 spiro atoms. The van der Waals surface area contributed by atoms with E-state index in [1.807, 2.05) is 18.2 Å². The predicted molar refractivity (Wildman–Crippen MR) is 92.0 cm³/mol. The summed E-state index contributed by atoms with van der Waals surface area (Å²) in [5.74, 6) is 0.697. The van der Waals surface area contributed by atoms with Crippen molar-refractivity contribution >= 4 is 27.5 Å². The Kier molecular flexibility index (Phi) is 5.01. The third-order valence-corrected chi connectivity index (χ3v) is 4.86. The van der Waals surface area contributed by atoms with Crippen molar-refractivity contribution in [1.82, 2.24) is 9.88 Å². The first-order chi connectivity index (χ1) is 10.6. The van der Waals surface area contributed by atoms with Crippen LogP contribution in [0.25, 0.3) is 0 Å². The molecule has 1 aromatic carbocycles. The molecular weight excluding hydrogens is 364 g/mol. The van der Waals surface area contributed by atoms with Crippen molar-refractivity contribution in [1.29, 1.82) is 0 Å². The lowest BCUT2D eigenvalue weighted by molar-refractivity contribution is 0.0417. The molecule has 1 aromatic heterocycles. The van der Waals surface area contributed by atoms with E-state index in [9.17, 15) is 0 Å². The lowest BCUT2D eigenvalue weighted by atomic mass is 10.1. The van der Waals surface area contributed by atoms with Crippen molar-refractivity contribution in [3.63, 3.8) is 0 Å². The van der Waals surface area contributed by atoms with E-state index in [0.29, 0.717) is 10.9 Å². The van der Waals surface area contributed by atoms with Gasteiger partial charge in [0, 0.05) is 18.7 Å². The molecule has 1 atom stereocenters. The zero-order valence-electron chi connectivity index (χ0n) is 12.1. The minimum atomic E-state index is -0.126. The van der Waals surface area contributed by atoms with E-state index < -0.39 is 0 Å². The van der Waals surface area contributed by atoms with Crippen molar-refractivity contribution in [3.8, 4) is 5.75 Å². The van der Waals surface area contributed by atoms with Crippen LogP contribution in [0.5, 0.6) is 5.75 Å². The van der Waals surface area contributed by atoms with Gasteiger partial charge in [0.2, 0.25) is 0 Å². The zero-order valence-corrected chi connectivity index (χ0v) is 14.5. The zero-order chi connectivity index (χ0) is 15.5. The van der Waals surface area contributed by atoms with E-state index in [1.165, 1.54) is 12.8 Å². The van der Waals surface area contributed by atoms with E-state index in [-0.39, 0.29) is 6.23 Å². The lowest BCUT2D eigenvalue weighted by Gasteiger charge is -2.28. The first kappa shape index (κ1) is 15.8. The summed E-state index contributed by atoms with van der Waals surface area (Å²) in [7, 11) is 0. The molecule has 2 aromatic rings. The number of halogens is 2. The van der Waals surface area contributed by atoms with Gasteiger partial charge in [0.25, 0.3) is 0 Å². The van der Waals surface area contributed by atoms with Crippen LogP contribution in [0.15, 0.2) is 41.0 Å². The summed E-state index contributed by atoms with van der Waals surface area (Å²) in [5.41, 5.74) is 2.10. The third-order valence-electron chi connectivity index (χ3n) is 3.73. The molecule has 0 bridgehead atoms. The molecule has 5 heteroatoms. The van der Waals surface area contributed by atoms with E-state index >= 15 is 0 Å². The Hall–Kier alpha value is -1.10. The number of aromatic nitrogens is 1. The van der Waals surface area contributed by atoms with Crippen molar-refractivity contribution in [2.45, 2.75) is 19.1 Å². The van der Waals surface area contributed by atoms with Crippen molar-refractivity contribution in [2.75, 3.05) is 13.1 Å². The Bertz CT molecular complexity index is 659. The van der Waals surface area contributed by atoms with E-state index in [1.54, 1.807) is 6.20 Å². The number of hydrogen-bond acceptors (Lipinski definition) is 3. The molecule has 2 heterocycles. The van der Waals surface area contributed by atoms with Gasteiger partial charge in [0.1, 0.15) is 10.9 Å². The van der Waals surface area contributed by atoms with Gasteiger partial charge in [0.15, 0.2) is 6.23 Å². The molecule has 1 aliphatic heterocycles. The van der Waals surface area contributed by atoms with Gasteiger partial charge < -0.3 is 4.74 Å². The van der Waals surface area contributed by atoms with Gasteiger partial charge in [0.05, 0.1) is 10.7 Å². The maximum Gasteiger partial charge on any atom is 0.179 e. The Labute approximate surface area is 144 Å². The van der Waals surface area contributed by atoms with Crippen LogP contribution in [-0.2, 0) is 0 Å². The Balaban J connectivity index is 1.89. The van der Waals surface area contributed by atoms with Crippen molar-refractivity contribution < 1.29 is 4.74 Å². The number of hydrogen-bond donors (Lipinski definition) is 0. The van der Waals surface area contributed by atoms with Gasteiger partial charge in [-0.1, -0.05) is 35.9 Å². The summed E-state index contributed by atoms with van der Waals surface area (Å²) in [5, 5.41) is 0.435. The van der Waals surface area contributed by atoms with Crippen LogP contribution in [0, 0.1) is 6.92 Å². The molecule has 1 unspecified atom stereocenters. The van der Waals surface area contributed by atoms with Gasteiger partial charge in [-0.15, -0.1) is 0 Å². The lowest BCUT2D eigenvalue weighted by Crippen LogP contribution is -2.30. The molecule has 1 aliphatic rings. The molecule has 3 rings (SSSR count). The topological polar surface area (TPSA) is 25.4 Å². The van der Waals surface area contributed by atoms with Crippen LogP contribution in [0.1, 0.15) is 30.2 Å². The molecule has 0 saturated carbocycles. The fraction of sp³-hybridized carbons (Fsp3) is 0.294. The summed E-state index contributed by atoms with van der Waals surface area (Å²) >= 11 is 9.34. The monoisotopic (exact) mass is 379 g/mol. The third kappa shape index (κ3) is 3.62. The normalized spacial score (nSPS) is 16.7. The number of nitrogens with zero attached hydrogens (tertiary/aromatic N) is 2. The highest BCUT2D eigenvalue weighted by Gasteiger charge is 2.25. The summed E-state index contributed by atoms with van der Waals surface area (Å²) in [4.78, 5) is 6.48. The number of pyridine rings is 1. The van der Waals surface area contributed by atoms with Crippen LogP contribution in [0.3, 0.4) is 0 Å². The molecule has 115 valence electrons. The van der Waals surface area contributed by atoms with Crippen LogP contribution in [0.4, 0.5) is 0 Å². The van der Waals surface area contributed by atoms with E-state index in [2.05, 4.69) is 44.9 Å². The van der Waals surface area contributed by atoms with Crippen LogP contribution < -0.4 is 4.74 Å². The van der Waals surface area contributed by atoms with Crippen molar-refractivity contribution in [2.24, 2.45) is 0 Å². The highest BCUT2D eigenvalue weighted by atomic mass is 79.9. The second-order valence-electron chi connectivity index (χ2n) is 5.40. The standard InChI is InChI=1S/C17H17BrClN2O/c1-12-5-4-6-13(9-12)17(21-7-2-3-8-21)22-14-10-15(18)16(19)20-11-14/h4-6,9-11,17H,1-3,7-8H2. The van der Waals surface area contributed by atoms with E-state index in [4.69, 9.17) is 16.3 Å². The number of rotatable bonds is 4. The SMILES string of the molecule is [CH2]c1cccc(C(Oc2cnc(Cl)c(Br)c2)N2CCCC2)c1. The summed E-state index contributed by atoms with van der Waals surface area (Å²) in [6, 6.07) is 10.0. The molecule has 0 amide bonds. The highest BCUT2D eigenvalue weighted by molar-refractivity contribution is 9.10. The van der Waals surface area contributed by atoms with E-state index in [0.717, 1.165) is 28.7 Å². The van der Waals surface area contributed by atoms with Crippen LogP contribution in [0.2, 0.25) is 5.15 Å². The fourth-order valence-corrected chi connectivity index (χ4v) is 3.10. The largest absolute Gasteiger partial charge is 0.469 e. The van der Waals surface area contributed by atoms with Gasteiger partial charge in [-0.2, -0.15) is 0 Å². The maximum absolute atomic E-state index is 6.22. The quantitative estimate of drug-likeness (QED) is 0.709. The summed E-state index contributed by atoms with van der Waals surface area (Å²) in [6.07, 6.45) is 3.93. The summed E-state index contributed by atoms with van der Waals surface area (Å²) < 4.78 is 6.96. The second kappa shape index (κ2) is 6.99. The highest BCUT2D eigenvalue weighted by Crippen LogP contribution is 2.31. The minimum Gasteiger partial charge on any atom is -0.469 e. The Morgan fingerprint density at radius 1 is 1.27 bits per heavy atom. The first-order valence-corrected chi connectivity index (χ1v) is 8.44. The molecule has 3 nitrogen and oxygen atoms in total. The summed E-state index contributed by atoms with van der Waals surface area (Å²) in [6.45, 7) is 6.08. The van der Waals surface area contributed by atoms with Crippen molar-refractivity contribution in [3.05, 3.63) is 64.2 Å². The number of benzene rings is 1. The van der Waals surface area contributed by atoms with Gasteiger partial charge in [-0.25, -0.2) is 4.98 Å². The smallest absolute Gasteiger partial charge is 0.179 e. The molecule has 1 saturated heterocycles. The fourth-order valence-electron chi connectivity index (χ4n) is 2.67. The maximum atomic E-state index is 6.22. The second-order valence-corrected chi connectivity index (χ2v) is 6.61. The predicted octanol–water partition coefficient (Wildman–Crippen LogP) is 4.85. The first-order valence-electron chi connectivity index (χ1n) is 7.27. The van der Waals surface area contributed by atoms with Gasteiger partial charge in [-0.3, -0.25) is 4.90 Å². The molecule has 0 aliphatic carbocycles. The van der Waals surface area contributed by atoms with Crippen LogP contribution >= 0.6 is 27.5 Å². The Morgan fingerprint density at radius 2 is 2.05 bits per heavy atom. The molecule has 1 fully saturated rings. The molecular formula is C17H17BrClN2O. The van der Waals surface area contributed by atoms with Crippen LogP contribution in [-0.4, -0.2) is 23.0 Å². The molecule has 0 N–H and O–H groups in total. The van der Waals surface area contributed by atoms with Gasteiger partial charge in [-0.05, 0) is 47.3 Å². The average molecular weight is 381 g/mol. The minimum absolute atomic E-state index is 0.126. The molecule has 1 radical (unpaired) electrons. The molecule has 22 heavy (non-hydrogen) atoms. The number of likely N-dealkylation sites (tertiary alicyclic amines) is 1. The Morgan fingerprint density at radius 3 is 2.73 bits per heavy atom.